The molecular weight excluding hydrogens is 306 g/mol. The Morgan fingerprint density at radius 3 is 2.71 bits per heavy atom. The third-order valence-corrected chi connectivity index (χ3v) is 4.08. The van der Waals surface area contributed by atoms with Gasteiger partial charge in [-0.05, 0) is 20.2 Å². The van der Waals surface area contributed by atoms with E-state index in [1.165, 1.54) is 0 Å². The van der Waals surface area contributed by atoms with Gasteiger partial charge >= 0.3 is 0 Å². The Labute approximate surface area is 134 Å². The SMILES string of the molecule is CN(C)CCSc1nnc2c(n1)c1ccccc1n2C.Cl. The number of fused-ring (bicyclic) bond motifs is 3. The summed E-state index contributed by atoms with van der Waals surface area (Å²) >= 11 is 1.65. The summed E-state index contributed by atoms with van der Waals surface area (Å²) in [6.07, 6.45) is 0. The molecule has 0 aliphatic rings. The molecule has 0 aliphatic carbocycles. The van der Waals surface area contributed by atoms with Gasteiger partial charge in [0.05, 0.1) is 5.52 Å². The maximum Gasteiger partial charge on any atom is 0.209 e. The second-order valence-electron chi connectivity index (χ2n) is 4.99. The first-order chi connectivity index (χ1) is 9.66. The molecule has 3 aromatic rings. The summed E-state index contributed by atoms with van der Waals surface area (Å²) in [6.45, 7) is 1.00. The van der Waals surface area contributed by atoms with E-state index in [1.54, 1.807) is 11.8 Å². The molecule has 1 aromatic carbocycles. The molecule has 0 bridgehead atoms. The average molecular weight is 324 g/mol. The average Bonchev–Trinajstić information content (AvgIpc) is 2.73. The van der Waals surface area contributed by atoms with Crippen molar-refractivity contribution < 1.29 is 0 Å². The van der Waals surface area contributed by atoms with Crippen LogP contribution in [0.4, 0.5) is 0 Å². The summed E-state index contributed by atoms with van der Waals surface area (Å²) in [7, 11) is 6.13. The molecule has 21 heavy (non-hydrogen) atoms. The van der Waals surface area contributed by atoms with Gasteiger partial charge in [-0.3, -0.25) is 0 Å². The van der Waals surface area contributed by atoms with E-state index in [1.807, 2.05) is 23.7 Å². The summed E-state index contributed by atoms with van der Waals surface area (Å²) in [5, 5.41) is 10.4. The summed E-state index contributed by atoms with van der Waals surface area (Å²) in [5.74, 6) is 0.963. The number of rotatable bonds is 4. The van der Waals surface area contributed by atoms with Crippen molar-refractivity contribution in [2.75, 3.05) is 26.4 Å². The highest BCUT2D eigenvalue weighted by molar-refractivity contribution is 7.99. The van der Waals surface area contributed by atoms with Crippen LogP contribution in [-0.4, -0.2) is 51.0 Å². The number of para-hydroxylation sites is 1. The number of thioether (sulfide) groups is 1. The Bertz CT molecular complexity index is 756. The Balaban J connectivity index is 0.00000161. The van der Waals surface area contributed by atoms with Crippen LogP contribution in [-0.2, 0) is 7.05 Å². The monoisotopic (exact) mass is 323 g/mol. The van der Waals surface area contributed by atoms with Crippen LogP contribution in [0.2, 0.25) is 0 Å². The lowest BCUT2D eigenvalue weighted by Gasteiger charge is -2.07. The van der Waals surface area contributed by atoms with Gasteiger partial charge in [-0.1, -0.05) is 30.0 Å². The van der Waals surface area contributed by atoms with Gasteiger partial charge in [0.15, 0.2) is 5.65 Å². The van der Waals surface area contributed by atoms with Crippen LogP contribution in [0.1, 0.15) is 0 Å². The predicted molar refractivity (Wildman–Crippen MR) is 90.3 cm³/mol. The zero-order valence-corrected chi connectivity index (χ0v) is 13.9. The van der Waals surface area contributed by atoms with Crippen LogP contribution in [0, 0.1) is 0 Å². The largest absolute Gasteiger partial charge is 0.326 e. The highest BCUT2D eigenvalue weighted by atomic mass is 35.5. The molecule has 5 nitrogen and oxygen atoms in total. The number of hydrogen-bond acceptors (Lipinski definition) is 5. The minimum absolute atomic E-state index is 0. The molecule has 2 aromatic heterocycles. The van der Waals surface area contributed by atoms with Gasteiger partial charge in [-0.15, -0.1) is 22.6 Å². The molecule has 112 valence electrons. The Kier molecular flexibility index (Phi) is 5.03. The summed E-state index contributed by atoms with van der Waals surface area (Å²) in [4.78, 5) is 6.82. The highest BCUT2D eigenvalue weighted by Crippen LogP contribution is 2.25. The van der Waals surface area contributed by atoms with Gasteiger partial charge in [0.2, 0.25) is 5.16 Å². The van der Waals surface area contributed by atoms with Crippen molar-refractivity contribution in [1.29, 1.82) is 0 Å². The zero-order valence-electron chi connectivity index (χ0n) is 12.3. The van der Waals surface area contributed by atoms with Crippen LogP contribution in [0.25, 0.3) is 22.1 Å². The first-order valence-electron chi connectivity index (χ1n) is 6.52. The van der Waals surface area contributed by atoms with Crippen LogP contribution in [0.3, 0.4) is 0 Å². The summed E-state index contributed by atoms with van der Waals surface area (Å²) in [5.41, 5.74) is 2.91. The van der Waals surface area contributed by atoms with Gasteiger partial charge in [0.25, 0.3) is 0 Å². The third-order valence-electron chi connectivity index (χ3n) is 3.26. The second-order valence-corrected chi connectivity index (χ2v) is 6.06. The number of hydrogen-bond donors (Lipinski definition) is 0. The molecule has 2 heterocycles. The minimum atomic E-state index is 0. The van der Waals surface area contributed by atoms with Gasteiger partial charge in [0, 0.05) is 24.7 Å². The number of halogens is 1. The predicted octanol–water partition coefficient (Wildman–Crippen LogP) is 2.59. The lowest BCUT2D eigenvalue weighted by Crippen LogP contribution is -2.15. The van der Waals surface area contributed by atoms with E-state index < -0.39 is 0 Å². The molecule has 0 fully saturated rings. The fourth-order valence-corrected chi connectivity index (χ4v) is 3.07. The van der Waals surface area contributed by atoms with Gasteiger partial charge < -0.3 is 9.47 Å². The smallest absolute Gasteiger partial charge is 0.209 e. The Morgan fingerprint density at radius 2 is 1.95 bits per heavy atom. The summed E-state index contributed by atoms with van der Waals surface area (Å²) < 4.78 is 2.04. The van der Waals surface area contributed by atoms with Gasteiger partial charge in [-0.25, -0.2) is 4.98 Å². The number of nitrogens with zero attached hydrogens (tertiary/aromatic N) is 5. The van der Waals surface area contributed by atoms with E-state index in [2.05, 4.69) is 46.3 Å². The molecule has 0 atom stereocenters. The first-order valence-corrected chi connectivity index (χ1v) is 7.51. The zero-order chi connectivity index (χ0) is 14.1. The number of benzene rings is 1. The quantitative estimate of drug-likeness (QED) is 0.691. The highest BCUT2D eigenvalue weighted by Gasteiger charge is 2.12. The minimum Gasteiger partial charge on any atom is -0.326 e. The van der Waals surface area contributed by atoms with Crippen LogP contribution < -0.4 is 0 Å². The standard InChI is InChI=1S/C14H17N5S.ClH/c1-18(2)8-9-20-14-15-12-10-6-4-5-7-11(10)19(3)13(12)16-17-14;/h4-7H,8-9H2,1-3H3;1H. The van der Waals surface area contributed by atoms with Crippen molar-refractivity contribution in [2.45, 2.75) is 5.16 Å². The molecule has 0 amide bonds. The fraction of sp³-hybridized carbons (Fsp3) is 0.357. The molecule has 0 unspecified atom stereocenters. The third kappa shape index (κ3) is 3.12. The molecular formula is C14H18ClN5S. The van der Waals surface area contributed by atoms with E-state index in [4.69, 9.17) is 0 Å². The van der Waals surface area contributed by atoms with Crippen molar-refractivity contribution in [1.82, 2.24) is 24.6 Å². The van der Waals surface area contributed by atoms with Crippen LogP contribution >= 0.6 is 24.2 Å². The Hall–Kier alpha value is -1.37. The molecule has 0 saturated carbocycles. The van der Waals surface area contributed by atoms with Gasteiger partial charge in [-0.2, -0.15) is 0 Å². The van der Waals surface area contributed by atoms with Crippen molar-refractivity contribution in [3.05, 3.63) is 24.3 Å². The van der Waals surface area contributed by atoms with Crippen molar-refractivity contribution >= 4 is 46.2 Å². The van der Waals surface area contributed by atoms with Crippen molar-refractivity contribution in [2.24, 2.45) is 7.05 Å². The molecule has 0 spiro atoms. The normalized spacial score (nSPS) is 11.2. The van der Waals surface area contributed by atoms with Crippen molar-refractivity contribution in [3.8, 4) is 0 Å². The Morgan fingerprint density at radius 1 is 1.19 bits per heavy atom. The molecule has 0 saturated heterocycles. The molecule has 7 heteroatoms. The fourth-order valence-electron chi connectivity index (χ4n) is 2.17. The molecule has 0 N–H and O–H groups in total. The second kappa shape index (κ2) is 6.60. The molecule has 3 rings (SSSR count). The molecule has 0 radical (unpaired) electrons. The molecule has 0 aliphatic heterocycles. The summed E-state index contributed by atoms with van der Waals surface area (Å²) in [6, 6.07) is 8.22. The maximum absolute atomic E-state index is 4.67. The van der Waals surface area contributed by atoms with Crippen LogP contribution in [0.5, 0.6) is 0 Å². The van der Waals surface area contributed by atoms with E-state index in [9.17, 15) is 0 Å². The lowest BCUT2D eigenvalue weighted by atomic mass is 10.2. The van der Waals surface area contributed by atoms with Gasteiger partial charge in [0.1, 0.15) is 5.52 Å². The lowest BCUT2D eigenvalue weighted by molar-refractivity contribution is 0.437. The van der Waals surface area contributed by atoms with Crippen molar-refractivity contribution in [3.63, 3.8) is 0 Å². The van der Waals surface area contributed by atoms with Crippen LogP contribution in [0.15, 0.2) is 29.4 Å². The van der Waals surface area contributed by atoms with E-state index in [-0.39, 0.29) is 12.4 Å². The van der Waals surface area contributed by atoms with E-state index in [0.29, 0.717) is 0 Å². The number of aromatic nitrogens is 4. The first kappa shape index (κ1) is 16.0. The maximum atomic E-state index is 4.67. The number of aryl methyl sites for hydroxylation is 1. The topological polar surface area (TPSA) is 46.8 Å². The van der Waals surface area contributed by atoms with E-state index >= 15 is 0 Å². The van der Waals surface area contributed by atoms with E-state index in [0.717, 1.165) is 39.5 Å².